The summed E-state index contributed by atoms with van der Waals surface area (Å²) in [5, 5.41) is 0. The zero-order valence-electron chi connectivity index (χ0n) is 20.5. The van der Waals surface area contributed by atoms with Gasteiger partial charge < -0.3 is 9.80 Å². The van der Waals surface area contributed by atoms with E-state index in [1.807, 2.05) is 24.0 Å². The maximum atomic E-state index is 12.8. The van der Waals surface area contributed by atoms with Crippen LogP contribution in [-0.2, 0) is 16.0 Å². The van der Waals surface area contributed by atoms with Crippen LogP contribution in [0, 0.1) is 0 Å². The number of allylic oxidation sites excluding steroid dienone is 5. The predicted octanol–water partition coefficient (Wildman–Crippen LogP) is 5.85. The van der Waals surface area contributed by atoms with Crippen LogP contribution in [-0.4, -0.2) is 48.2 Å². The van der Waals surface area contributed by atoms with Crippen LogP contribution in [0.1, 0.15) is 70.3 Å². The number of amides is 1. The van der Waals surface area contributed by atoms with Crippen molar-refractivity contribution >= 4 is 11.7 Å². The van der Waals surface area contributed by atoms with Gasteiger partial charge in [-0.2, -0.15) is 0 Å². The number of Topliss-reactive ketones (excluding diaryl/α,β-unsaturated/α-hetero) is 1. The van der Waals surface area contributed by atoms with E-state index in [1.54, 1.807) is 0 Å². The number of fused-ring (bicyclic) bond motifs is 1. The number of piperidine rings is 1. The SMILES string of the molecule is C/C=C(\C=C1\CCCN2C(=O)CCC=C12)C(=O)CCCCCCN(C)CCc1ccccc1. The predicted molar refractivity (Wildman–Crippen MR) is 136 cm³/mol. The summed E-state index contributed by atoms with van der Waals surface area (Å²) in [5.74, 6) is 0.446. The molecule has 2 heterocycles. The molecule has 4 heteroatoms. The Morgan fingerprint density at radius 1 is 1.06 bits per heavy atom. The average molecular weight is 449 g/mol. The third-order valence-electron chi connectivity index (χ3n) is 6.73. The van der Waals surface area contributed by atoms with Crippen LogP contribution < -0.4 is 0 Å². The number of rotatable bonds is 12. The van der Waals surface area contributed by atoms with Crippen molar-refractivity contribution in [1.82, 2.24) is 9.80 Å². The molecule has 0 spiro atoms. The summed E-state index contributed by atoms with van der Waals surface area (Å²) in [4.78, 5) is 29.3. The number of hydrogen-bond acceptors (Lipinski definition) is 3. The van der Waals surface area contributed by atoms with Crippen LogP contribution in [0.5, 0.6) is 0 Å². The summed E-state index contributed by atoms with van der Waals surface area (Å²) >= 11 is 0. The normalized spacial score (nSPS) is 18.0. The quantitative estimate of drug-likeness (QED) is 0.297. The molecule has 2 aliphatic heterocycles. The smallest absolute Gasteiger partial charge is 0.227 e. The lowest BCUT2D eigenvalue weighted by atomic mass is 9.92. The summed E-state index contributed by atoms with van der Waals surface area (Å²) in [6, 6.07) is 10.6. The molecular formula is C29H40N2O2. The number of nitrogens with zero attached hydrogens (tertiary/aromatic N) is 2. The molecule has 1 aromatic rings. The molecule has 1 fully saturated rings. The molecule has 0 N–H and O–H groups in total. The van der Waals surface area contributed by atoms with Gasteiger partial charge in [0.05, 0.1) is 0 Å². The molecule has 4 nitrogen and oxygen atoms in total. The summed E-state index contributed by atoms with van der Waals surface area (Å²) in [7, 11) is 2.19. The first-order valence-corrected chi connectivity index (χ1v) is 12.7. The summed E-state index contributed by atoms with van der Waals surface area (Å²) in [6.07, 6.45) is 15.6. The number of ketones is 1. The Hall–Kier alpha value is -2.46. The van der Waals surface area contributed by atoms with Gasteiger partial charge in [-0.1, -0.05) is 55.3 Å². The van der Waals surface area contributed by atoms with E-state index in [1.165, 1.54) is 18.4 Å². The molecule has 1 amide bonds. The van der Waals surface area contributed by atoms with Crippen LogP contribution in [0.2, 0.25) is 0 Å². The number of hydrogen-bond donors (Lipinski definition) is 0. The minimum Gasteiger partial charge on any atom is -0.312 e. The molecule has 0 aliphatic carbocycles. The van der Waals surface area contributed by atoms with Gasteiger partial charge in [0.25, 0.3) is 0 Å². The summed E-state index contributed by atoms with van der Waals surface area (Å²) < 4.78 is 0. The largest absolute Gasteiger partial charge is 0.312 e. The summed E-state index contributed by atoms with van der Waals surface area (Å²) in [6.45, 7) is 4.94. The number of unbranched alkanes of at least 4 members (excludes halogenated alkanes) is 3. The molecule has 0 bridgehead atoms. The van der Waals surface area contributed by atoms with Crippen LogP contribution in [0.3, 0.4) is 0 Å². The van der Waals surface area contributed by atoms with Crippen LogP contribution in [0.4, 0.5) is 0 Å². The molecule has 0 aromatic heterocycles. The fourth-order valence-corrected chi connectivity index (χ4v) is 4.72. The van der Waals surface area contributed by atoms with E-state index in [9.17, 15) is 9.59 Å². The zero-order chi connectivity index (χ0) is 23.5. The van der Waals surface area contributed by atoms with Crippen molar-refractivity contribution in [3.63, 3.8) is 0 Å². The Labute approximate surface area is 200 Å². The fraction of sp³-hybridized carbons (Fsp3) is 0.517. The highest BCUT2D eigenvalue weighted by Crippen LogP contribution is 2.31. The van der Waals surface area contributed by atoms with Crippen LogP contribution >= 0.6 is 0 Å². The second kappa shape index (κ2) is 13.3. The van der Waals surface area contributed by atoms with Gasteiger partial charge in [0.15, 0.2) is 5.78 Å². The van der Waals surface area contributed by atoms with Crippen molar-refractivity contribution in [3.8, 4) is 0 Å². The van der Waals surface area contributed by atoms with Gasteiger partial charge in [0, 0.05) is 37.2 Å². The standard InChI is InChI=1S/C29H40N2O2/c1-3-25(23-26-15-12-21-31-27(26)16-11-18-29(31)33)28(32)17-9-4-5-10-20-30(2)22-19-24-13-7-6-8-14-24/h3,6-8,13-14,16,23H,4-5,9-12,15,17-22H2,1-2H3/b25-3+,26-23-. The molecule has 178 valence electrons. The van der Waals surface area contributed by atoms with Gasteiger partial charge >= 0.3 is 0 Å². The van der Waals surface area contributed by atoms with Gasteiger partial charge in [0.1, 0.15) is 0 Å². The van der Waals surface area contributed by atoms with Crippen molar-refractivity contribution in [2.75, 3.05) is 26.7 Å². The first-order valence-electron chi connectivity index (χ1n) is 12.7. The third kappa shape index (κ3) is 7.82. The lowest BCUT2D eigenvalue weighted by Gasteiger charge is -2.34. The van der Waals surface area contributed by atoms with E-state index >= 15 is 0 Å². The number of carbonyl (C=O) groups excluding carboxylic acids is 2. The first-order chi connectivity index (χ1) is 16.1. The van der Waals surface area contributed by atoms with Crippen LogP contribution in [0.25, 0.3) is 0 Å². The lowest BCUT2D eigenvalue weighted by molar-refractivity contribution is -0.130. The topological polar surface area (TPSA) is 40.6 Å². The molecule has 0 unspecified atom stereocenters. The van der Waals surface area contributed by atoms with Crippen molar-refractivity contribution < 1.29 is 9.59 Å². The molecule has 1 aromatic carbocycles. The third-order valence-corrected chi connectivity index (χ3v) is 6.73. The van der Waals surface area contributed by atoms with Crippen molar-refractivity contribution in [2.45, 2.75) is 71.1 Å². The van der Waals surface area contributed by atoms with Gasteiger partial charge in [-0.25, -0.2) is 0 Å². The molecule has 0 atom stereocenters. The van der Waals surface area contributed by atoms with Gasteiger partial charge in [-0.05, 0) is 76.3 Å². The van der Waals surface area contributed by atoms with Gasteiger partial charge in [-0.15, -0.1) is 0 Å². The van der Waals surface area contributed by atoms with E-state index in [0.717, 1.165) is 75.0 Å². The molecule has 33 heavy (non-hydrogen) atoms. The van der Waals surface area contributed by atoms with Crippen molar-refractivity contribution in [1.29, 1.82) is 0 Å². The van der Waals surface area contributed by atoms with E-state index in [4.69, 9.17) is 0 Å². The van der Waals surface area contributed by atoms with Gasteiger partial charge in [0.2, 0.25) is 5.91 Å². The van der Waals surface area contributed by atoms with Crippen LogP contribution in [0.15, 0.2) is 65.4 Å². The Morgan fingerprint density at radius 3 is 2.64 bits per heavy atom. The van der Waals surface area contributed by atoms with E-state index in [2.05, 4.69) is 48.4 Å². The number of benzene rings is 1. The Balaban J connectivity index is 1.35. The lowest BCUT2D eigenvalue weighted by Crippen LogP contribution is -2.37. The average Bonchev–Trinajstić information content (AvgIpc) is 2.84. The van der Waals surface area contributed by atoms with Gasteiger partial charge in [-0.3, -0.25) is 9.59 Å². The van der Waals surface area contributed by atoms with E-state index in [-0.39, 0.29) is 11.7 Å². The molecular weight excluding hydrogens is 408 g/mol. The Bertz CT molecular complexity index is 882. The molecule has 0 radical (unpaired) electrons. The summed E-state index contributed by atoms with van der Waals surface area (Å²) in [5.41, 5.74) is 4.38. The highest BCUT2D eigenvalue weighted by molar-refractivity contribution is 5.98. The van der Waals surface area contributed by atoms with Crippen molar-refractivity contribution in [3.05, 3.63) is 71.0 Å². The minimum atomic E-state index is 0.220. The molecule has 0 saturated carbocycles. The zero-order valence-corrected chi connectivity index (χ0v) is 20.5. The molecule has 1 saturated heterocycles. The highest BCUT2D eigenvalue weighted by Gasteiger charge is 2.27. The maximum absolute atomic E-state index is 12.8. The monoisotopic (exact) mass is 448 g/mol. The Morgan fingerprint density at radius 2 is 1.85 bits per heavy atom. The highest BCUT2D eigenvalue weighted by atomic mass is 16.2. The fourth-order valence-electron chi connectivity index (χ4n) is 4.72. The maximum Gasteiger partial charge on any atom is 0.227 e. The van der Waals surface area contributed by atoms with Crippen molar-refractivity contribution in [2.24, 2.45) is 0 Å². The number of likely N-dealkylation sites (N-methyl/N-ethyl adjacent to an activating group) is 1. The minimum absolute atomic E-state index is 0.220. The first kappa shape index (κ1) is 25.2. The number of carbonyl (C=O) groups is 2. The van der Waals surface area contributed by atoms with E-state index < -0.39 is 0 Å². The molecule has 2 aliphatic rings. The second-order valence-electron chi connectivity index (χ2n) is 9.32. The Kier molecular flexibility index (Phi) is 10.1. The molecule has 3 rings (SSSR count). The second-order valence-corrected chi connectivity index (χ2v) is 9.32. The van der Waals surface area contributed by atoms with E-state index in [0.29, 0.717) is 12.8 Å².